The van der Waals surface area contributed by atoms with Crippen LogP contribution in [0.2, 0.25) is 5.02 Å². The summed E-state index contributed by atoms with van der Waals surface area (Å²) in [4.78, 5) is 0.197. The van der Waals surface area contributed by atoms with Crippen molar-refractivity contribution in [1.29, 1.82) is 0 Å². The number of benzene rings is 2. The van der Waals surface area contributed by atoms with Gasteiger partial charge >= 0.3 is 0 Å². The zero-order chi connectivity index (χ0) is 13.9. The first-order valence-corrected chi connectivity index (χ1v) is 7.75. The summed E-state index contributed by atoms with van der Waals surface area (Å²) in [5.41, 5.74) is 1.57. The van der Waals surface area contributed by atoms with Gasteiger partial charge in [-0.2, -0.15) is 0 Å². The maximum absolute atomic E-state index is 12.2. The van der Waals surface area contributed by atoms with Crippen LogP contribution in [-0.4, -0.2) is 8.42 Å². The Morgan fingerprint density at radius 3 is 2.32 bits per heavy atom. The minimum Gasteiger partial charge on any atom is -0.279 e. The molecule has 0 heterocycles. The molecule has 19 heavy (non-hydrogen) atoms. The molecule has 3 nitrogen and oxygen atoms in total. The van der Waals surface area contributed by atoms with Gasteiger partial charge in [-0.15, -0.1) is 0 Å². The maximum atomic E-state index is 12.2. The first kappa shape index (κ1) is 13.9. The molecule has 5 heteroatoms. The van der Waals surface area contributed by atoms with Crippen molar-refractivity contribution < 1.29 is 8.42 Å². The van der Waals surface area contributed by atoms with Gasteiger partial charge in [0.15, 0.2) is 0 Å². The molecule has 0 aliphatic heterocycles. The average molecular weight is 296 g/mol. The van der Waals surface area contributed by atoms with Crippen LogP contribution in [0.3, 0.4) is 0 Å². The fourth-order valence-corrected chi connectivity index (χ4v) is 2.97. The Balaban J connectivity index is 2.34. The van der Waals surface area contributed by atoms with Crippen LogP contribution in [0.5, 0.6) is 0 Å². The van der Waals surface area contributed by atoms with Gasteiger partial charge in [0.2, 0.25) is 0 Å². The molecular formula is C14H14ClNO2S. The minimum atomic E-state index is -3.57. The van der Waals surface area contributed by atoms with Crippen LogP contribution in [0, 0.1) is 0 Å². The standard InChI is InChI=1S/C14H14ClNO2S/c1-2-11-5-3-4-6-14(11)16-19(17,18)13-9-7-12(15)8-10-13/h3-10,16H,2H2,1H3. The van der Waals surface area contributed by atoms with Crippen molar-refractivity contribution in [2.45, 2.75) is 18.2 Å². The average Bonchev–Trinajstić information content (AvgIpc) is 2.39. The molecule has 2 aromatic rings. The molecule has 0 fully saturated rings. The number of anilines is 1. The fourth-order valence-electron chi connectivity index (χ4n) is 1.75. The highest BCUT2D eigenvalue weighted by atomic mass is 35.5. The second-order valence-corrected chi connectivity index (χ2v) is 6.19. The van der Waals surface area contributed by atoms with E-state index in [1.165, 1.54) is 12.1 Å². The normalized spacial score (nSPS) is 11.3. The molecular weight excluding hydrogens is 282 g/mol. The summed E-state index contributed by atoms with van der Waals surface area (Å²) in [5, 5.41) is 0.507. The number of sulfonamides is 1. The molecule has 1 N–H and O–H groups in total. The van der Waals surface area contributed by atoms with E-state index in [4.69, 9.17) is 11.6 Å². The molecule has 100 valence electrons. The number of nitrogens with one attached hydrogen (secondary N) is 1. The zero-order valence-electron chi connectivity index (χ0n) is 10.4. The van der Waals surface area contributed by atoms with Gasteiger partial charge in [-0.1, -0.05) is 36.7 Å². The van der Waals surface area contributed by atoms with Crippen LogP contribution in [-0.2, 0) is 16.4 Å². The lowest BCUT2D eigenvalue weighted by Crippen LogP contribution is -2.14. The monoisotopic (exact) mass is 295 g/mol. The highest BCUT2D eigenvalue weighted by Gasteiger charge is 2.15. The highest BCUT2D eigenvalue weighted by molar-refractivity contribution is 7.92. The van der Waals surface area contributed by atoms with Crippen molar-refractivity contribution in [2.24, 2.45) is 0 Å². The molecule has 0 unspecified atom stereocenters. The lowest BCUT2D eigenvalue weighted by Gasteiger charge is -2.11. The molecule has 0 amide bonds. The summed E-state index contributed by atoms with van der Waals surface area (Å²) < 4.78 is 27.1. The highest BCUT2D eigenvalue weighted by Crippen LogP contribution is 2.21. The molecule has 2 rings (SSSR count). The summed E-state index contributed by atoms with van der Waals surface area (Å²) in [7, 11) is -3.57. The Morgan fingerprint density at radius 1 is 1.05 bits per heavy atom. The molecule has 0 saturated carbocycles. The predicted octanol–water partition coefficient (Wildman–Crippen LogP) is 3.70. The Morgan fingerprint density at radius 2 is 1.68 bits per heavy atom. The van der Waals surface area contributed by atoms with E-state index in [-0.39, 0.29) is 4.90 Å². The van der Waals surface area contributed by atoms with Crippen molar-refractivity contribution in [1.82, 2.24) is 0 Å². The minimum absolute atomic E-state index is 0.197. The summed E-state index contributed by atoms with van der Waals surface area (Å²) in [6, 6.07) is 13.4. The fraction of sp³-hybridized carbons (Fsp3) is 0.143. The third kappa shape index (κ3) is 3.28. The van der Waals surface area contributed by atoms with Gasteiger partial charge in [0.1, 0.15) is 0 Å². The van der Waals surface area contributed by atoms with Crippen LogP contribution < -0.4 is 4.72 Å². The summed E-state index contributed by atoms with van der Waals surface area (Å²) in [6.07, 6.45) is 0.763. The van der Waals surface area contributed by atoms with E-state index >= 15 is 0 Å². The Labute approximate surface area is 118 Å². The van der Waals surface area contributed by atoms with Crippen LogP contribution in [0.1, 0.15) is 12.5 Å². The quantitative estimate of drug-likeness (QED) is 0.935. The van der Waals surface area contributed by atoms with E-state index in [2.05, 4.69) is 4.72 Å². The maximum Gasteiger partial charge on any atom is 0.261 e. The Hall–Kier alpha value is -1.52. The molecule has 0 saturated heterocycles. The smallest absolute Gasteiger partial charge is 0.261 e. The van der Waals surface area contributed by atoms with Gasteiger partial charge in [-0.25, -0.2) is 8.42 Å². The van der Waals surface area contributed by atoms with Crippen LogP contribution in [0.25, 0.3) is 0 Å². The second kappa shape index (κ2) is 5.63. The summed E-state index contributed by atoms with van der Waals surface area (Å²) in [6.45, 7) is 1.98. The van der Waals surface area contributed by atoms with Crippen molar-refractivity contribution >= 4 is 27.3 Å². The molecule has 0 aliphatic carbocycles. The predicted molar refractivity (Wildman–Crippen MR) is 78.1 cm³/mol. The molecule has 0 bridgehead atoms. The second-order valence-electron chi connectivity index (χ2n) is 4.07. The molecule has 2 aromatic carbocycles. The first-order chi connectivity index (χ1) is 9.03. The number of hydrogen-bond acceptors (Lipinski definition) is 2. The SMILES string of the molecule is CCc1ccccc1NS(=O)(=O)c1ccc(Cl)cc1. The van der Waals surface area contributed by atoms with E-state index in [9.17, 15) is 8.42 Å². The molecule has 0 spiro atoms. The Kier molecular flexibility index (Phi) is 4.12. The number of hydrogen-bond donors (Lipinski definition) is 1. The lowest BCUT2D eigenvalue weighted by atomic mass is 10.1. The largest absolute Gasteiger partial charge is 0.279 e. The van der Waals surface area contributed by atoms with Gasteiger partial charge in [0.25, 0.3) is 10.0 Å². The third-order valence-corrected chi connectivity index (χ3v) is 4.40. The van der Waals surface area contributed by atoms with Gasteiger partial charge in [0.05, 0.1) is 10.6 Å². The van der Waals surface area contributed by atoms with Gasteiger partial charge < -0.3 is 0 Å². The van der Waals surface area contributed by atoms with Crippen molar-refractivity contribution in [3.05, 3.63) is 59.1 Å². The topological polar surface area (TPSA) is 46.2 Å². The first-order valence-electron chi connectivity index (χ1n) is 5.89. The van der Waals surface area contributed by atoms with Crippen LogP contribution in [0.4, 0.5) is 5.69 Å². The number of rotatable bonds is 4. The van der Waals surface area contributed by atoms with Gasteiger partial charge in [-0.3, -0.25) is 4.72 Å². The lowest BCUT2D eigenvalue weighted by molar-refractivity contribution is 0.601. The zero-order valence-corrected chi connectivity index (χ0v) is 12.0. The van der Waals surface area contributed by atoms with E-state index < -0.39 is 10.0 Å². The van der Waals surface area contributed by atoms with Gasteiger partial charge in [-0.05, 0) is 42.3 Å². The van der Waals surface area contributed by atoms with E-state index in [0.29, 0.717) is 10.7 Å². The van der Waals surface area contributed by atoms with Gasteiger partial charge in [0, 0.05) is 5.02 Å². The van der Waals surface area contributed by atoms with Crippen molar-refractivity contribution in [3.63, 3.8) is 0 Å². The number of para-hydroxylation sites is 1. The molecule has 0 aliphatic rings. The van der Waals surface area contributed by atoms with Crippen molar-refractivity contribution in [3.8, 4) is 0 Å². The molecule has 0 atom stereocenters. The number of aryl methyl sites for hydroxylation is 1. The summed E-state index contributed by atoms with van der Waals surface area (Å²) >= 11 is 5.75. The van der Waals surface area contributed by atoms with Crippen LogP contribution in [0.15, 0.2) is 53.4 Å². The van der Waals surface area contributed by atoms with E-state index in [0.717, 1.165) is 12.0 Å². The molecule has 0 aromatic heterocycles. The van der Waals surface area contributed by atoms with Crippen LogP contribution >= 0.6 is 11.6 Å². The Bertz CT molecular complexity index is 666. The van der Waals surface area contributed by atoms with E-state index in [1.54, 1.807) is 24.3 Å². The summed E-state index contributed by atoms with van der Waals surface area (Å²) in [5.74, 6) is 0. The third-order valence-electron chi connectivity index (χ3n) is 2.77. The number of halogens is 1. The molecule has 0 radical (unpaired) electrons. The van der Waals surface area contributed by atoms with Crippen molar-refractivity contribution in [2.75, 3.05) is 4.72 Å². The van der Waals surface area contributed by atoms with E-state index in [1.807, 2.05) is 19.1 Å².